The summed E-state index contributed by atoms with van der Waals surface area (Å²) in [5.41, 5.74) is 10.1. The van der Waals surface area contributed by atoms with Crippen molar-refractivity contribution in [2.45, 2.75) is 26.2 Å². The molecule has 0 heterocycles. The van der Waals surface area contributed by atoms with E-state index in [2.05, 4.69) is 25.1 Å². The van der Waals surface area contributed by atoms with Crippen LogP contribution >= 0.6 is 0 Å². The van der Waals surface area contributed by atoms with Crippen LogP contribution in [0.25, 0.3) is 0 Å². The second-order valence-corrected chi connectivity index (χ2v) is 4.12. The van der Waals surface area contributed by atoms with Gasteiger partial charge in [0, 0.05) is 0 Å². The van der Waals surface area contributed by atoms with Crippen LogP contribution in [0.15, 0.2) is 18.2 Å². The van der Waals surface area contributed by atoms with Gasteiger partial charge in [0.15, 0.2) is 0 Å². The van der Waals surface area contributed by atoms with E-state index in [-0.39, 0.29) is 0 Å². The minimum Gasteiger partial charge on any atom is -0.330 e. The molecule has 0 saturated carbocycles. The maximum atomic E-state index is 5.69. The highest BCUT2D eigenvalue weighted by Gasteiger charge is 2.16. The first kappa shape index (κ1) is 8.76. The molecule has 1 aliphatic carbocycles. The van der Waals surface area contributed by atoms with Crippen molar-refractivity contribution in [2.75, 3.05) is 6.54 Å². The van der Waals surface area contributed by atoms with Gasteiger partial charge in [-0.25, -0.2) is 0 Å². The monoisotopic (exact) mass is 175 g/mol. The molecule has 1 atom stereocenters. The average Bonchev–Trinajstić information content (AvgIpc) is 2.17. The van der Waals surface area contributed by atoms with Crippen LogP contribution in [0.2, 0.25) is 0 Å². The molecule has 1 unspecified atom stereocenters. The van der Waals surface area contributed by atoms with Crippen molar-refractivity contribution in [2.24, 2.45) is 11.7 Å². The third kappa shape index (κ3) is 1.75. The second kappa shape index (κ2) is 3.51. The molecule has 0 aromatic heterocycles. The van der Waals surface area contributed by atoms with Crippen LogP contribution in [0.5, 0.6) is 0 Å². The molecule has 1 nitrogen and oxygen atoms in total. The maximum absolute atomic E-state index is 5.69. The number of hydrogen-bond acceptors (Lipinski definition) is 1. The van der Waals surface area contributed by atoms with Crippen molar-refractivity contribution in [3.05, 3.63) is 34.9 Å². The predicted molar refractivity (Wildman–Crippen MR) is 55.7 cm³/mol. The van der Waals surface area contributed by atoms with Gasteiger partial charge in [0.1, 0.15) is 0 Å². The Balaban J connectivity index is 2.26. The Labute approximate surface area is 80.0 Å². The molecule has 70 valence electrons. The van der Waals surface area contributed by atoms with E-state index in [9.17, 15) is 0 Å². The van der Waals surface area contributed by atoms with Gasteiger partial charge in [0.05, 0.1) is 0 Å². The van der Waals surface area contributed by atoms with Crippen LogP contribution in [0.1, 0.15) is 23.1 Å². The quantitative estimate of drug-likeness (QED) is 0.694. The summed E-state index contributed by atoms with van der Waals surface area (Å²) >= 11 is 0. The minimum absolute atomic E-state index is 0.718. The van der Waals surface area contributed by atoms with Gasteiger partial charge in [0.25, 0.3) is 0 Å². The zero-order valence-electron chi connectivity index (χ0n) is 8.22. The first-order valence-electron chi connectivity index (χ1n) is 5.08. The zero-order valence-corrected chi connectivity index (χ0v) is 8.22. The van der Waals surface area contributed by atoms with Gasteiger partial charge in [-0.1, -0.05) is 23.8 Å². The summed E-state index contributed by atoms with van der Waals surface area (Å²) < 4.78 is 0. The topological polar surface area (TPSA) is 26.0 Å². The molecule has 2 rings (SSSR count). The normalized spacial score (nSPS) is 21.2. The summed E-state index contributed by atoms with van der Waals surface area (Å²) in [4.78, 5) is 0. The Hall–Kier alpha value is -0.820. The van der Waals surface area contributed by atoms with Gasteiger partial charge in [-0.15, -0.1) is 0 Å². The number of nitrogens with two attached hydrogens (primary N) is 1. The molecule has 1 aliphatic rings. The first-order chi connectivity index (χ1) is 6.29. The molecule has 1 aromatic rings. The fourth-order valence-electron chi connectivity index (χ4n) is 2.16. The Morgan fingerprint density at radius 1 is 1.38 bits per heavy atom. The van der Waals surface area contributed by atoms with E-state index in [1.54, 1.807) is 5.56 Å². The van der Waals surface area contributed by atoms with Crippen LogP contribution < -0.4 is 5.73 Å². The van der Waals surface area contributed by atoms with Crippen LogP contribution in [-0.2, 0) is 12.8 Å². The number of benzene rings is 1. The molecule has 0 amide bonds. The van der Waals surface area contributed by atoms with E-state index >= 15 is 0 Å². The number of hydrogen-bond donors (Lipinski definition) is 1. The molecule has 13 heavy (non-hydrogen) atoms. The zero-order chi connectivity index (χ0) is 9.26. The largest absolute Gasteiger partial charge is 0.330 e. The summed E-state index contributed by atoms with van der Waals surface area (Å²) in [7, 11) is 0. The van der Waals surface area contributed by atoms with Crippen LogP contribution in [-0.4, -0.2) is 6.54 Å². The molecule has 0 spiro atoms. The van der Waals surface area contributed by atoms with Crippen LogP contribution in [0.3, 0.4) is 0 Å². The second-order valence-electron chi connectivity index (χ2n) is 4.12. The lowest BCUT2D eigenvalue weighted by molar-refractivity contribution is 0.469. The van der Waals surface area contributed by atoms with Crippen LogP contribution in [0, 0.1) is 12.8 Å². The first-order valence-corrected chi connectivity index (χ1v) is 5.08. The van der Waals surface area contributed by atoms with Crippen molar-refractivity contribution < 1.29 is 0 Å². The van der Waals surface area contributed by atoms with Gasteiger partial charge in [-0.2, -0.15) is 0 Å². The molecule has 1 heteroatoms. The fraction of sp³-hybridized carbons (Fsp3) is 0.500. The highest BCUT2D eigenvalue weighted by atomic mass is 14.5. The van der Waals surface area contributed by atoms with Crippen molar-refractivity contribution in [1.82, 2.24) is 0 Å². The van der Waals surface area contributed by atoms with Gasteiger partial charge < -0.3 is 5.73 Å². The standard InChI is InChI=1S/C12H17N/c1-9-2-4-12-7-10(8-13)3-5-11(12)6-9/h2,4,6,10H,3,5,7-8,13H2,1H3. The van der Waals surface area contributed by atoms with E-state index in [1.165, 1.54) is 30.4 Å². The van der Waals surface area contributed by atoms with Crippen LogP contribution in [0.4, 0.5) is 0 Å². The Morgan fingerprint density at radius 2 is 2.23 bits per heavy atom. The van der Waals surface area contributed by atoms with E-state index in [1.807, 2.05) is 0 Å². The number of aryl methyl sites for hydroxylation is 2. The summed E-state index contributed by atoms with van der Waals surface area (Å²) in [5, 5.41) is 0. The lowest BCUT2D eigenvalue weighted by Gasteiger charge is -2.23. The van der Waals surface area contributed by atoms with Crippen molar-refractivity contribution in [1.29, 1.82) is 0 Å². The number of rotatable bonds is 1. The molecule has 0 bridgehead atoms. The molecular formula is C12H17N. The van der Waals surface area contributed by atoms with E-state index < -0.39 is 0 Å². The Morgan fingerprint density at radius 3 is 3.00 bits per heavy atom. The molecule has 0 aliphatic heterocycles. The minimum atomic E-state index is 0.718. The van der Waals surface area contributed by atoms with Crippen molar-refractivity contribution in [3.8, 4) is 0 Å². The molecule has 0 saturated heterocycles. The van der Waals surface area contributed by atoms with E-state index in [0.29, 0.717) is 0 Å². The van der Waals surface area contributed by atoms with E-state index in [0.717, 1.165) is 12.5 Å². The lowest BCUT2D eigenvalue weighted by atomic mass is 9.83. The molecule has 0 fully saturated rings. The maximum Gasteiger partial charge on any atom is -0.00456 e. The Kier molecular flexibility index (Phi) is 2.36. The summed E-state index contributed by atoms with van der Waals surface area (Å²) in [6.07, 6.45) is 3.68. The van der Waals surface area contributed by atoms with Gasteiger partial charge in [0.2, 0.25) is 0 Å². The summed E-state index contributed by atoms with van der Waals surface area (Å²) in [6, 6.07) is 6.80. The van der Waals surface area contributed by atoms with Crippen molar-refractivity contribution >= 4 is 0 Å². The summed E-state index contributed by atoms with van der Waals surface area (Å²) in [6.45, 7) is 3.00. The third-order valence-corrected chi connectivity index (χ3v) is 3.03. The smallest absolute Gasteiger partial charge is 0.00456 e. The SMILES string of the molecule is Cc1ccc2c(c1)CCC(CN)C2. The van der Waals surface area contributed by atoms with Crippen molar-refractivity contribution in [3.63, 3.8) is 0 Å². The number of fused-ring (bicyclic) bond motifs is 1. The predicted octanol–water partition coefficient (Wildman–Crippen LogP) is 2.06. The average molecular weight is 175 g/mol. The fourth-order valence-corrected chi connectivity index (χ4v) is 2.16. The highest BCUT2D eigenvalue weighted by Crippen LogP contribution is 2.25. The Bertz CT molecular complexity index is 304. The summed E-state index contributed by atoms with van der Waals surface area (Å²) in [5.74, 6) is 0.718. The molecule has 0 radical (unpaired) electrons. The molecule has 2 N–H and O–H groups in total. The van der Waals surface area contributed by atoms with E-state index in [4.69, 9.17) is 5.73 Å². The lowest BCUT2D eigenvalue weighted by Crippen LogP contribution is -2.22. The van der Waals surface area contributed by atoms with Gasteiger partial charge in [-0.3, -0.25) is 0 Å². The molecular weight excluding hydrogens is 158 g/mol. The van der Waals surface area contributed by atoms with Gasteiger partial charge >= 0.3 is 0 Å². The highest BCUT2D eigenvalue weighted by molar-refractivity contribution is 5.33. The third-order valence-electron chi connectivity index (χ3n) is 3.03. The molecule has 1 aromatic carbocycles. The van der Waals surface area contributed by atoms with Gasteiger partial charge in [-0.05, 0) is 49.8 Å².